The molecular weight excluding hydrogens is 280 g/mol. The molecule has 0 aliphatic heterocycles. The molecule has 0 radical (unpaired) electrons. The molecule has 0 fully saturated rings. The van der Waals surface area contributed by atoms with E-state index in [1.807, 2.05) is 19.9 Å². The molecule has 0 saturated heterocycles. The molecule has 0 aliphatic rings. The fourth-order valence-electron chi connectivity index (χ4n) is 2.41. The van der Waals surface area contributed by atoms with Gasteiger partial charge in [0.2, 0.25) is 0 Å². The van der Waals surface area contributed by atoms with Gasteiger partial charge in [0.1, 0.15) is 0 Å². The van der Waals surface area contributed by atoms with E-state index in [1.54, 1.807) is 23.1 Å². The molecule has 2 aromatic heterocycles. The van der Waals surface area contributed by atoms with Crippen molar-refractivity contribution >= 4 is 5.97 Å². The number of aryl methyl sites for hydroxylation is 1. The van der Waals surface area contributed by atoms with Gasteiger partial charge in [0.15, 0.2) is 5.69 Å². The van der Waals surface area contributed by atoms with Crippen molar-refractivity contribution in [3.05, 3.63) is 35.9 Å². The van der Waals surface area contributed by atoms with Gasteiger partial charge in [-0.3, -0.25) is 9.67 Å². The predicted octanol–water partition coefficient (Wildman–Crippen LogP) is 2.51. The summed E-state index contributed by atoms with van der Waals surface area (Å²) in [4.78, 5) is 15.8. The number of carbonyl (C=O) groups is 1. The average molecular weight is 302 g/mol. The number of aromatic carboxylic acids is 1. The summed E-state index contributed by atoms with van der Waals surface area (Å²) in [5.41, 5.74) is 2.51. The van der Waals surface area contributed by atoms with Gasteiger partial charge in [-0.2, -0.15) is 5.10 Å². The number of carboxylic acid groups (broad SMARTS) is 1. The highest BCUT2D eigenvalue weighted by molar-refractivity contribution is 5.94. The summed E-state index contributed by atoms with van der Waals surface area (Å²) in [6, 6.07) is 3.64. The van der Waals surface area contributed by atoms with E-state index < -0.39 is 5.97 Å². The fourth-order valence-corrected chi connectivity index (χ4v) is 2.41. The van der Waals surface area contributed by atoms with Crippen LogP contribution in [0.3, 0.4) is 0 Å². The predicted molar refractivity (Wildman–Crippen MR) is 85.0 cm³/mol. The molecule has 2 heterocycles. The zero-order valence-corrected chi connectivity index (χ0v) is 13.2. The van der Waals surface area contributed by atoms with Gasteiger partial charge >= 0.3 is 5.97 Å². The van der Waals surface area contributed by atoms with Gasteiger partial charge in [-0.15, -0.1) is 0 Å². The summed E-state index contributed by atoms with van der Waals surface area (Å²) in [5, 5.41) is 17.2. The second-order valence-electron chi connectivity index (χ2n) is 5.40. The number of nitrogens with zero attached hydrogens (tertiary/aromatic N) is 3. The molecule has 0 spiro atoms. The first-order valence-electron chi connectivity index (χ1n) is 7.49. The molecular formula is C16H22N4O2. The van der Waals surface area contributed by atoms with Crippen molar-refractivity contribution < 1.29 is 9.90 Å². The zero-order valence-electron chi connectivity index (χ0n) is 13.2. The molecule has 118 valence electrons. The maximum atomic E-state index is 11.7. The maximum Gasteiger partial charge on any atom is 0.354 e. The summed E-state index contributed by atoms with van der Waals surface area (Å²) < 4.78 is 1.58. The lowest BCUT2D eigenvalue weighted by molar-refractivity contribution is 0.0681. The summed E-state index contributed by atoms with van der Waals surface area (Å²) in [6.45, 7) is 7.53. The Hall–Kier alpha value is -2.21. The van der Waals surface area contributed by atoms with Crippen LogP contribution in [0.4, 0.5) is 0 Å². The van der Waals surface area contributed by atoms with Crippen LogP contribution >= 0.6 is 0 Å². The van der Waals surface area contributed by atoms with E-state index in [-0.39, 0.29) is 11.7 Å². The van der Waals surface area contributed by atoms with Gasteiger partial charge in [0, 0.05) is 24.0 Å². The molecule has 0 aliphatic carbocycles. The summed E-state index contributed by atoms with van der Waals surface area (Å²) >= 11 is 0. The SMILES string of the molecule is CCCNCC(C)n1ncc(-c2ccnc(C)c2)c1C(=O)O. The highest BCUT2D eigenvalue weighted by Crippen LogP contribution is 2.25. The van der Waals surface area contributed by atoms with E-state index in [0.717, 1.165) is 24.2 Å². The Morgan fingerprint density at radius 1 is 1.50 bits per heavy atom. The van der Waals surface area contributed by atoms with Gasteiger partial charge in [-0.25, -0.2) is 4.79 Å². The third-order valence-corrected chi connectivity index (χ3v) is 3.49. The Morgan fingerprint density at radius 3 is 2.91 bits per heavy atom. The number of carboxylic acids is 1. The maximum absolute atomic E-state index is 11.7. The quantitative estimate of drug-likeness (QED) is 0.768. The van der Waals surface area contributed by atoms with Crippen molar-refractivity contribution in [2.45, 2.75) is 33.2 Å². The van der Waals surface area contributed by atoms with E-state index in [9.17, 15) is 9.90 Å². The van der Waals surface area contributed by atoms with Crippen LogP contribution in [-0.4, -0.2) is 38.9 Å². The van der Waals surface area contributed by atoms with Crippen molar-refractivity contribution in [3.8, 4) is 11.1 Å². The molecule has 0 aromatic carbocycles. The standard InChI is InChI=1S/C16H22N4O2/c1-4-6-17-9-12(3)20-15(16(21)22)14(10-19-20)13-5-7-18-11(2)8-13/h5,7-8,10,12,17H,4,6,9H2,1-3H3,(H,21,22). The smallest absolute Gasteiger partial charge is 0.354 e. The van der Waals surface area contributed by atoms with E-state index in [1.165, 1.54) is 0 Å². The Morgan fingerprint density at radius 2 is 2.27 bits per heavy atom. The normalized spacial score (nSPS) is 12.3. The van der Waals surface area contributed by atoms with Crippen LogP contribution in [0.25, 0.3) is 11.1 Å². The van der Waals surface area contributed by atoms with Gasteiger partial charge < -0.3 is 10.4 Å². The molecule has 6 heteroatoms. The lowest BCUT2D eigenvalue weighted by atomic mass is 10.1. The summed E-state index contributed by atoms with van der Waals surface area (Å²) in [6.07, 6.45) is 4.34. The van der Waals surface area contributed by atoms with Crippen LogP contribution in [0, 0.1) is 6.92 Å². The van der Waals surface area contributed by atoms with Crippen LogP contribution < -0.4 is 5.32 Å². The molecule has 1 unspecified atom stereocenters. The number of hydrogen-bond acceptors (Lipinski definition) is 4. The molecule has 0 bridgehead atoms. The highest BCUT2D eigenvalue weighted by atomic mass is 16.4. The van der Waals surface area contributed by atoms with E-state index in [0.29, 0.717) is 12.1 Å². The van der Waals surface area contributed by atoms with Crippen molar-refractivity contribution in [1.29, 1.82) is 0 Å². The van der Waals surface area contributed by atoms with Crippen LogP contribution in [0.5, 0.6) is 0 Å². The number of rotatable bonds is 7. The largest absolute Gasteiger partial charge is 0.477 e. The van der Waals surface area contributed by atoms with Crippen LogP contribution in [0.15, 0.2) is 24.5 Å². The second-order valence-corrected chi connectivity index (χ2v) is 5.40. The van der Waals surface area contributed by atoms with E-state index in [4.69, 9.17) is 0 Å². The number of pyridine rings is 1. The molecule has 2 rings (SSSR count). The van der Waals surface area contributed by atoms with Crippen molar-refractivity contribution in [2.24, 2.45) is 0 Å². The second kappa shape index (κ2) is 7.17. The van der Waals surface area contributed by atoms with Gasteiger partial charge in [0.05, 0.1) is 12.2 Å². The minimum Gasteiger partial charge on any atom is -0.477 e. The number of nitrogens with one attached hydrogen (secondary N) is 1. The topological polar surface area (TPSA) is 80.0 Å². The molecule has 1 atom stereocenters. The van der Waals surface area contributed by atoms with Crippen molar-refractivity contribution in [2.75, 3.05) is 13.1 Å². The average Bonchev–Trinajstić information content (AvgIpc) is 2.92. The molecule has 2 aromatic rings. The van der Waals surface area contributed by atoms with E-state index in [2.05, 4.69) is 22.3 Å². The first-order chi connectivity index (χ1) is 10.5. The number of aromatic nitrogens is 3. The molecule has 0 saturated carbocycles. The van der Waals surface area contributed by atoms with Crippen LogP contribution in [0.1, 0.15) is 42.5 Å². The third-order valence-electron chi connectivity index (χ3n) is 3.49. The minimum atomic E-state index is -0.968. The van der Waals surface area contributed by atoms with Gasteiger partial charge in [0.25, 0.3) is 0 Å². The fraction of sp³-hybridized carbons (Fsp3) is 0.438. The number of hydrogen-bond donors (Lipinski definition) is 2. The molecule has 2 N–H and O–H groups in total. The molecule has 0 amide bonds. The minimum absolute atomic E-state index is 0.0330. The summed E-state index contributed by atoms with van der Waals surface area (Å²) in [5.74, 6) is -0.968. The first-order valence-corrected chi connectivity index (χ1v) is 7.49. The van der Waals surface area contributed by atoms with Gasteiger partial charge in [-0.1, -0.05) is 6.92 Å². The van der Waals surface area contributed by atoms with Crippen molar-refractivity contribution in [1.82, 2.24) is 20.1 Å². The van der Waals surface area contributed by atoms with Crippen LogP contribution in [-0.2, 0) is 0 Å². The Kier molecular flexibility index (Phi) is 5.27. The lowest BCUT2D eigenvalue weighted by Gasteiger charge is -2.15. The monoisotopic (exact) mass is 302 g/mol. The zero-order chi connectivity index (χ0) is 16.1. The Labute approximate surface area is 130 Å². The molecule has 6 nitrogen and oxygen atoms in total. The van der Waals surface area contributed by atoms with E-state index >= 15 is 0 Å². The van der Waals surface area contributed by atoms with Crippen molar-refractivity contribution in [3.63, 3.8) is 0 Å². The Bertz CT molecular complexity index is 651. The van der Waals surface area contributed by atoms with Crippen LogP contribution in [0.2, 0.25) is 0 Å². The third kappa shape index (κ3) is 3.51. The Balaban J connectivity index is 2.35. The lowest BCUT2D eigenvalue weighted by Crippen LogP contribution is -2.26. The summed E-state index contributed by atoms with van der Waals surface area (Å²) in [7, 11) is 0. The van der Waals surface area contributed by atoms with Gasteiger partial charge in [-0.05, 0) is 44.5 Å². The molecule has 22 heavy (non-hydrogen) atoms. The highest BCUT2D eigenvalue weighted by Gasteiger charge is 2.22. The first kappa shape index (κ1) is 16.2.